The zero-order valence-corrected chi connectivity index (χ0v) is 10.1. The molecule has 0 aromatic carbocycles. The van der Waals surface area contributed by atoms with Crippen molar-refractivity contribution in [2.24, 2.45) is 5.92 Å². The number of aromatic nitrogens is 1. The molecule has 0 aliphatic carbocycles. The molecule has 3 rings (SSSR count). The third-order valence-electron chi connectivity index (χ3n) is 3.64. The van der Waals surface area contributed by atoms with Gasteiger partial charge in [-0.25, -0.2) is 0 Å². The lowest BCUT2D eigenvalue weighted by Gasteiger charge is -2.43. The van der Waals surface area contributed by atoms with E-state index in [1.54, 1.807) is 4.90 Å². The van der Waals surface area contributed by atoms with Gasteiger partial charge in [-0.1, -0.05) is 6.92 Å². The molecule has 2 atom stereocenters. The van der Waals surface area contributed by atoms with E-state index in [2.05, 4.69) is 12.3 Å². The van der Waals surface area contributed by atoms with E-state index in [1.807, 2.05) is 0 Å². The number of hydrogen-bond donors (Lipinski definition) is 2. The predicted octanol–water partition coefficient (Wildman–Crippen LogP) is 0.309. The fraction of sp³-hybridized carbons (Fsp3) is 0.500. The number of aromatic hydroxyl groups is 1. The second-order valence-electron chi connectivity index (χ2n) is 5.03. The van der Waals surface area contributed by atoms with Gasteiger partial charge in [-0.3, -0.25) is 14.3 Å². The van der Waals surface area contributed by atoms with Crippen LogP contribution >= 0.6 is 0 Å². The van der Waals surface area contributed by atoms with Gasteiger partial charge in [0.25, 0.3) is 5.91 Å². The van der Waals surface area contributed by atoms with Gasteiger partial charge < -0.3 is 15.4 Å². The molecule has 0 spiro atoms. The molecule has 1 aromatic rings. The van der Waals surface area contributed by atoms with Gasteiger partial charge >= 0.3 is 0 Å². The summed E-state index contributed by atoms with van der Waals surface area (Å²) < 4.78 is 1.45. The molecule has 1 saturated heterocycles. The van der Waals surface area contributed by atoms with Crippen molar-refractivity contribution < 1.29 is 9.90 Å². The number of piperidine rings is 1. The molecular formula is C12H15N3O3. The van der Waals surface area contributed by atoms with Crippen LogP contribution < -0.4 is 10.9 Å². The molecule has 6 nitrogen and oxygen atoms in total. The molecule has 96 valence electrons. The molecule has 1 fully saturated rings. The van der Waals surface area contributed by atoms with Crippen molar-refractivity contribution >= 4 is 5.91 Å². The average Bonchev–Trinajstić information content (AvgIpc) is 2.35. The van der Waals surface area contributed by atoms with E-state index < -0.39 is 11.2 Å². The summed E-state index contributed by atoms with van der Waals surface area (Å²) in [6.07, 6.45) is 3.37. The number of pyridine rings is 1. The zero-order chi connectivity index (χ0) is 12.9. The van der Waals surface area contributed by atoms with Crippen molar-refractivity contribution in [1.82, 2.24) is 9.58 Å². The molecule has 2 aliphatic rings. The maximum Gasteiger partial charge on any atom is 0.278 e. The van der Waals surface area contributed by atoms with Crippen LogP contribution in [0.1, 0.15) is 30.3 Å². The van der Waals surface area contributed by atoms with Crippen LogP contribution in [0.2, 0.25) is 0 Å². The Balaban J connectivity index is 2.08. The van der Waals surface area contributed by atoms with Gasteiger partial charge in [0, 0.05) is 18.8 Å². The summed E-state index contributed by atoms with van der Waals surface area (Å²) in [4.78, 5) is 25.4. The highest BCUT2D eigenvalue weighted by Gasteiger charge is 2.37. The van der Waals surface area contributed by atoms with Crippen molar-refractivity contribution in [2.45, 2.75) is 25.9 Å². The minimum absolute atomic E-state index is 0.0350. The first kappa shape index (κ1) is 11.1. The van der Waals surface area contributed by atoms with E-state index in [0.29, 0.717) is 12.5 Å². The Morgan fingerprint density at radius 2 is 2.17 bits per heavy atom. The summed E-state index contributed by atoms with van der Waals surface area (Å²) in [6, 6.07) is 1.25. The molecule has 0 saturated carbocycles. The summed E-state index contributed by atoms with van der Waals surface area (Å²) in [6.45, 7) is 2.75. The highest BCUT2D eigenvalue weighted by atomic mass is 16.3. The van der Waals surface area contributed by atoms with Gasteiger partial charge in [0.05, 0.1) is 0 Å². The van der Waals surface area contributed by atoms with Gasteiger partial charge in [-0.05, 0) is 18.8 Å². The van der Waals surface area contributed by atoms with Gasteiger partial charge in [0.2, 0.25) is 5.43 Å². The summed E-state index contributed by atoms with van der Waals surface area (Å²) in [5.41, 5.74) is 2.65. The minimum Gasteiger partial charge on any atom is -0.502 e. The number of hydrogen-bond acceptors (Lipinski definition) is 4. The van der Waals surface area contributed by atoms with E-state index in [0.717, 1.165) is 12.8 Å². The molecule has 0 bridgehead atoms. The number of rotatable bonds is 0. The molecule has 18 heavy (non-hydrogen) atoms. The number of amides is 1. The van der Waals surface area contributed by atoms with E-state index in [-0.39, 0.29) is 17.8 Å². The second kappa shape index (κ2) is 3.76. The molecule has 2 unspecified atom stereocenters. The molecule has 3 heterocycles. The van der Waals surface area contributed by atoms with Crippen LogP contribution in [0.4, 0.5) is 0 Å². The molecule has 1 amide bonds. The molecule has 2 aliphatic heterocycles. The molecule has 6 heteroatoms. The lowest BCUT2D eigenvalue weighted by Crippen LogP contribution is -2.57. The Hall–Kier alpha value is -1.98. The van der Waals surface area contributed by atoms with Crippen LogP contribution in [0.15, 0.2) is 17.1 Å². The lowest BCUT2D eigenvalue weighted by atomic mass is 9.97. The monoisotopic (exact) mass is 249 g/mol. The quantitative estimate of drug-likeness (QED) is 0.694. The first-order valence-electron chi connectivity index (χ1n) is 6.10. The predicted molar refractivity (Wildman–Crippen MR) is 65.0 cm³/mol. The number of carbonyl (C=O) groups is 1. The van der Waals surface area contributed by atoms with Gasteiger partial charge in [-0.2, -0.15) is 0 Å². The van der Waals surface area contributed by atoms with Crippen molar-refractivity contribution in [2.75, 3.05) is 12.0 Å². The topological polar surface area (TPSA) is 74.6 Å². The largest absolute Gasteiger partial charge is 0.502 e. The Kier molecular flexibility index (Phi) is 2.33. The van der Waals surface area contributed by atoms with Crippen LogP contribution in [0, 0.1) is 5.92 Å². The maximum absolute atomic E-state index is 12.3. The normalized spacial score (nSPS) is 26.3. The Morgan fingerprint density at radius 3 is 2.94 bits per heavy atom. The first-order valence-corrected chi connectivity index (χ1v) is 6.10. The average molecular weight is 249 g/mol. The standard InChI is InChI=1S/C12H15N3O3/c1-7-2-3-9-13-15-5-4-8(16)11(17)10(15)12(18)14(9)6-7/h4-5,7,9,13,17H,2-3,6H2,1H3. The van der Waals surface area contributed by atoms with E-state index in [9.17, 15) is 14.7 Å². The van der Waals surface area contributed by atoms with Crippen molar-refractivity contribution in [3.63, 3.8) is 0 Å². The summed E-state index contributed by atoms with van der Waals surface area (Å²) in [5, 5.41) is 9.75. The van der Waals surface area contributed by atoms with E-state index >= 15 is 0 Å². The molecular weight excluding hydrogens is 234 g/mol. The van der Waals surface area contributed by atoms with Crippen LogP contribution in [0.5, 0.6) is 5.75 Å². The van der Waals surface area contributed by atoms with Crippen molar-refractivity contribution in [3.05, 3.63) is 28.2 Å². The smallest absolute Gasteiger partial charge is 0.278 e. The fourth-order valence-electron chi connectivity index (χ4n) is 2.65. The van der Waals surface area contributed by atoms with Gasteiger partial charge in [0.1, 0.15) is 6.17 Å². The maximum atomic E-state index is 12.3. The van der Waals surface area contributed by atoms with Gasteiger partial charge in [0.15, 0.2) is 11.4 Å². The van der Waals surface area contributed by atoms with Gasteiger partial charge in [-0.15, -0.1) is 0 Å². The van der Waals surface area contributed by atoms with Crippen LogP contribution in [-0.4, -0.2) is 33.3 Å². The fourth-order valence-corrected chi connectivity index (χ4v) is 2.65. The SMILES string of the molecule is CC1CCC2Nn3ccc(=O)c(O)c3C(=O)N2C1. The summed E-state index contributed by atoms with van der Waals surface area (Å²) >= 11 is 0. The molecule has 1 aromatic heterocycles. The first-order chi connectivity index (χ1) is 8.58. The van der Waals surface area contributed by atoms with E-state index in [1.165, 1.54) is 16.9 Å². The highest BCUT2D eigenvalue weighted by molar-refractivity contribution is 5.96. The van der Waals surface area contributed by atoms with Crippen LogP contribution in [-0.2, 0) is 0 Å². The zero-order valence-electron chi connectivity index (χ0n) is 10.1. The summed E-state index contributed by atoms with van der Waals surface area (Å²) in [5.74, 6) is -0.316. The lowest BCUT2D eigenvalue weighted by molar-refractivity contribution is 0.0503. The Bertz CT molecular complexity index is 566. The molecule has 2 N–H and O–H groups in total. The highest BCUT2D eigenvalue weighted by Crippen LogP contribution is 2.27. The molecule has 0 radical (unpaired) electrons. The number of carbonyl (C=O) groups excluding carboxylic acids is 1. The third kappa shape index (κ3) is 1.48. The number of nitrogens with zero attached hydrogens (tertiary/aromatic N) is 2. The van der Waals surface area contributed by atoms with Crippen LogP contribution in [0.3, 0.4) is 0 Å². The Labute approximate surface area is 104 Å². The van der Waals surface area contributed by atoms with Crippen LogP contribution in [0.25, 0.3) is 0 Å². The second-order valence-corrected chi connectivity index (χ2v) is 5.03. The third-order valence-corrected chi connectivity index (χ3v) is 3.64. The minimum atomic E-state index is -0.528. The van der Waals surface area contributed by atoms with Crippen molar-refractivity contribution in [1.29, 1.82) is 0 Å². The number of fused-ring (bicyclic) bond motifs is 2. The van der Waals surface area contributed by atoms with E-state index in [4.69, 9.17) is 0 Å². The Morgan fingerprint density at radius 1 is 1.39 bits per heavy atom. The van der Waals surface area contributed by atoms with Crippen molar-refractivity contribution in [3.8, 4) is 5.75 Å². The summed E-state index contributed by atoms with van der Waals surface area (Å²) in [7, 11) is 0. The number of nitrogens with one attached hydrogen (secondary N) is 1.